The van der Waals surface area contributed by atoms with E-state index >= 15 is 0 Å². The zero-order valence-electron chi connectivity index (χ0n) is 9.62. The molecule has 1 aromatic heterocycles. The standard InChI is InChI=1S/C11H16N4O2/c16-11(17)10-7-15(13-12-10)9-3-4-14(6-9)5-8-1-2-8/h7-9H,1-6H2,(H,16,17)/t9-/m0/s1. The summed E-state index contributed by atoms with van der Waals surface area (Å²) in [5, 5.41) is 16.4. The van der Waals surface area contributed by atoms with E-state index in [1.165, 1.54) is 25.6 Å². The van der Waals surface area contributed by atoms with E-state index in [1.54, 1.807) is 4.68 Å². The van der Waals surface area contributed by atoms with Gasteiger partial charge in [-0.1, -0.05) is 5.21 Å². The summed E-state index contributed by atoms with van der Waals surface area (Å²) in [5.74, 6) is -0.108. The second-order valence-corrected chi connectivity index (χ2v) is 5.03. The van der Waals surface area contributed by atoms with Crippen LogP contribution in [0.5, 0.6) is 0 Å². The molecule has 2 heterocycles. The minimum Gasteiger partial charge on any atom is -0.476 e. The van der Waals surface area contributed by atoms with E-state index in [0.717, 1.165) is 25.4 Å². The molecule has 1 atom stereocenters. The highest BCUT2D eigenvalue weighted by molar-refractivity contribution is 5.84. The molecular formula is C11H16N4O2. The summed E-state index contributed by atoms with van der Waals surface area (Å²) in [6.07, 6.45) is 5.31. The second kappa shape index (κ2) is 4.10. The van der Waals surface area contributed by atoms with E-state index in [-0.39, 0.29) is 11.7 Å². The largest absolute Gasteiger partial charge is 0.476 e. The molecular weight excluding hydrogens is 220 g/mol. The van der Waals surface area contributed by atoms with Crippen LogP contribution in [0.2, 0.25) is 0 Å². The number of likely N-dealkylation sites (tertiary alicyclic amines) is 1. The Kier molecular flexibility index (Phi) is 2.58. The Bertz CT molecular complexity index is 427. The van der Waals surface area contributed by atoms with Crippen LogP contribution in [0.15, 0.2) is 6.20 Å². The first-order valence-electron chi connectivity index (χ1n) is 6.10. The summed E-state index contributed by atoms with van der Waals surface area (Å²) in [4.78, 5) is 13.2. The van der Waals surface area contributed by atoms with Crippen molar-refractivity contribution in [2.75, 3.05) is 19.6 Å². The molecule has 0 aromatic carbocycles. The van der Waals surface area contributed by atoms with Crippen LogP contribution >= 0.6 is 0 Å². The van der Waals surface area contributed by atoms with E-state index in [0.29, 0.717) is 0 Å². The van der Waals surface area contributed by atoms with Crippen molar-refractivity contribution in [1.82, 2.24) is 19.9 Å². The van der Waals surface area contributed by atoms with Gasteiger partial charge in [-0.25, -0.2) is 9.48 Å². The van der Waals surface area contributed by atoms with Crippen molar-refractivity contribution in [1.29, 1.82) is 0 Å². The van der Waals surface area contributed by atoms with Gasteiger partial charge in [-0.15, -0.1) is 5.10 Å². The molecule has 17 heavy (non-hydrogen) atoms. The Balaban J connectivity index is 1.62. The summed E-state index contributed by atoms with van der Waals surface area (Å²) in [7, 11) is 0. The molecule has 1 N–H and O–H groups in total. The lowest BCUT2D eigenvalue weighted by Gasteiger charge is -2.14. The highest BCUT2D eigenvalue weighted by Crippen LogP contribution is 2.32. The molecule has 1 aromatic rings. The highest BCUT2D eigenvalue weighted by Gasteiger charge is 2.30. The van der Waals surface area contributed by atoms with Gasteiger partial charge in [0.25, 0.3) is 0 Å². The number of hydrogen-bond donors (Lipinski definition) is 1. The number of carboxylic acid groups (broad SMARTS) is 1. The minimum absolute atomic E-state index is 0.0330. The summed E-state index contributed by atoms with van der Waals surface area (Å²) in [6, 6.07) is 0.286. The Morgan fingerprint density at radius 1 is 1.47 bits per heavy atom. The van der Waals surface area contributed by atoms with Gasteiger partial charge in [0.1, 0.15) is 0 Å². The number of aromatic carboxylic acids is 1. The molecule has 6 heteroatoms. The maximum Gasteiger partial charge on any atom is 0.358 e. The van der Waals surface area contributed by atoms with Gasteiger partial charge in [-0.05, 0) is 25.2 Å². The van der Waals surface area contributed by atoms with Gasteiger partial charge < -0.3 is 10.0 Å². The fourth-order valence-electron chi connectivity index (χ4n) is 2.41. The maximum atomic E-state index is 10.7. The molecule has 0 radical (unpaired) electrons. The van der Waals surface area contributed by atoms with Gasteiger partial charge >= 0.3 is 5.97 Å². The highest BCUT2D eigenvalue weighted by atomic mass is 16.4. The Labute approximate surface area is 99.2 Å². The van der Waals surface area contributed by atoms with Crippen LogP contribution in [-0.2, 0) is 0 Å². The predicted octanol–water partition coefficient (Wildman–Crippen LogP) is 0.633. The molecule has 92 valence electrons. The summed E-state index contributed by atoms with van der Waals surface area (Å²) in [5.41, 5.74) is 0.0330. The van der Waals surface area contributed by atoms with Crippen LogP contribution < -0.4 is 0 Å². The van der Waals surface area contributed by atoms with Crippen LogP contribution in [0, 0.1) is 5.92 Å². The van der Waals surface area contributed by atoms with Gasteiger partial charge in [0, 0.05) is 19.6 Å². The molecule has 6 nitrogen and oxygen atoms in total. The predicted molar refractivity (Wildman–Crippen MR) is 59.8 cm³/mol. The zero-order chi connectivity index (χ0) is 11.8. The Morgan fingerprint density at radius 2 is 2.29 bits per heavy atom. The van der Waals surface area contributed by atoms with Crippen LogP contribution in [0.4, 0.5) is 0 Å². The van der Waals surface area contributed by atoms with Gasteiger partial charge in [0.2, 0.25) is 0 Å². The van der Waals surface area contributed by atoms with Crippen LogP contribution in [0.3, 0.4) is 0 Å². The number of nitrogens with zero attached hydrogens (tertiary/aromatic N) is 4. The van der Waals surface area contributed by atoms with Crippen LogP contribution in [0.1, 0.15) is 35.8 Å². The van der Waals surface area contributed by atoms with Gasteiger partial charge in [-0.2, -0.15) is 0 Å². The third-order valence-corrected chi connectivity index (χ3v) is 3.56. The number of carboxylic acids is 1. The molecule has 3 rings (SSSR count). The molecule has 1 saturated carbocycles. The first kappa shape index (κ1) is 10.7. The van der Waals surface area contributed by atoms with Crippen molar-refractivity contribution in [3.63, 3.8) is 0 Å². The van der Waals surface area contributed by atoms with Crippen molar-refractivity contribution >= 4 is 5.97 Å². The van der Waals surface area contributed by atoms with Crippen molar-refractivity contribution < 1.29 is 9.90 Å². The molecule has 0 unspecified atom stereocenters. The van der Waals surface area contributed by atoms with Crippen molar-refractivity contribution in [2.45, 2.75) is 25.3 Å². The van der Waals surface area contributed by atoms with E-state index in [1.807, 2.05) is 0 Å². The van der Waals surface area contributed by atoms with Crippen molar-refractivity contribution in [2.24, 2.45) is 5.92 Å². The van der Waals surface area contributed by atoms with E-state index in [9.17, 15) is 4.79 Å². The molecule has 0 bridgehead atoms. The minimum atomic E-state index is -1.01. The molecule has 0 amide bonds. The van der Waals surface area contributed by atoms with Gasteiger partial charge in [0.15, 0.2) is 5.69 Å². The third kappa shape index (κ3) is 2.31. The van der Waals surface area contributed by atoms with Crippen LogP contribution in [-0.4, -0.2) is 50.6 Å². The second-order valence-electron chi connectivity index (χ2n) is 5.03. The van der Waals surface area contributed by atoms with E-state index < -0.39 is 5.97 Å². The Hall–Kier alpha value is -1.43. The first-order chi connectivity index (χ1) is 8.22. The number of aromatic nitrogens is 3. The summed E-state index contributed by atoms with van der Waals surface area (Å²) >= 11 is 0. The molecule has 0 spiro atoms. The lowest BCUT2D eigenvalue weighted by molar-refractivity contribution is 0.0690. The summed E-state index contributed by atoms with van der Waals surface area (Å²) in [6.45, 7) is 3.25. The number of rotatable bonds is 4. The molecule has 2 fully saturated rings. The zero-order valence-corrected chi connectivity index (χ0v) is 9.62. The van der Waals surface area contributed by atoms with Crippen LogP contribution in [0.25, 0.3) is 0 Å². The SMILES string of the molecule is O=C(O)c1cn([C@H]2CCN(CC3CC3)C2)nn1. The third-order valence-electron chi connectivity index (χ3n) is 3.56. The van der Waals surface area contributed by atoms with E-state index in [4.69, 9.17) is 5.11 Å². The summed E-state index contributed by atoms with van der Waals surface area (Å²) < 4.78 is 1.70. The van der Waals surface area contributed by atoms with Crippen molar-refractivity contribution in [3.8, 4) is 0 Å². The number of carbonyl (C=O) groups is 1. The quantitative estimate of drug-likeness (QED) is 0.830. The topological polar surface area (TPSA) is 71.2 Å². The lowest BCUT2D eigenvalue weighted by Crippen LogP contribution is -2.24. The fourth-order valence-corrected chi connectivity index (χ4v) is 2.41. The lowest BCUT2D eigenvalue weighted by atomic mass is 10.3. The molecule has 1 saturated heterocycles. The fraction of sp³-hybridized carbons (Fsp3) is 0.727. The maximum absolute atomic E-state index is 10.7. The Morgan fingerprint density at radius 3 is 2.94 bits per heavy atom. The first-order valence-corrected chi connectivity index (χ1v) is 6.10. The van der Waals surface area contributed by atoms with E-state index in [2.05, 4.69) is 15.2 Å². The van der Waals surface area contributed by atoms with Gasteiger partial charge in [-0.3, -0.25) is 0 Å². The molecule has 2 aliphatic rings. The average Bonchev–Trinajstić information content (AvgIpc) is 2.82. The molecule has 1 aliphatic carbocycles. The van der Waals surface area contributed by atoms with Crippen molar-refractivity contribution in [3.05, 3.63) is 11.9 Å². The average molecular weight is 236 g/mol. The molecule has 1 aliphatic heterocycles. The normalized spacial score (nSPS) is 25.3. The number of hydrogen-bond acceptors (Lipinski definition) is 4. The smallest absolute Gasteiger partial charge is 0.358 e. The van der Waals surface area contributed by atoms with Gasteiger partial charge in [0.05, 0.1) is 12.2 Å². The monoisotopic (exact) mass is 236 g/mol.